The molecule has 3 N–H and O–H groups in total. The van der Waals surface area contributed by atoms with Crippen molar-refractivity contribution in [3.63, 3.8) is 0 Å². The smallest absolute Gasteiger partial charge is 0.276 e. The molecular weight excluding hydrogens is 391 g/mol. The van der Waals surface area contributed by atoms with Crippen LogP contribution in [0, 0.1) is 12.7 Å². The summed E-state index contributed by atoms with van der Waals surface area (Å²) in [6, 6.07) is 13.8. The molecule has 0 aliphatic carbocycles. The average molecular weight is 410 g/mol. The molecule has 0 fully saturated rings. The fraction of sp³-hybridized carbons (Fsp3) is 0.143. The Bertz CT molecular complexity index is 1150. The van der Waals surface area contributed by atoms with E-state index in [1.807, 2.05) is 18.2 Å². The van der Waals surface area contributed by atoms with E-state index in [-0.39, 0.29) is 35.7 Å². The van der Waals surface area contributed by atoms with Gasteiger partial charge in [0.1, 0.15) is 23.9 Å². The van der Waals surface area contributed by atoms with Gasteiger partial charge in [0.15, 0.2) is 0 Å². The van der Waals surface area contributed by atoms with Crippen LogP contribution in [0.4, 0.5) is 10.1 Å². The first-order chi connectivity index (χ1) is 14.3. The summed E-state index contributed by atoms with van der Waals surface area (Å²) < 4.78 is 20.7. The number of hydrogen-bond acceptors (Lipinski definition) is 5. The number of halogens is 1. The summed E-state index contributed by atoms with van der Waals surface area (Å²) in [6.45, 7) is 1.75. The number of benzene rings is 2. The molecule has 1 aromatic heterocycles. The monoisotopic (exact) mass is 410 g/mol. The van der Waals surface area contributed by atoms with Crippen molar-refractivity contribution in [2.75, 3.05) is 11.9 Å². The Kier molecular flexibility index (Phi) is 6.21. The highest BCUT2D eigenvalue weighted by molar-refractivity contribution is 6.04. The minimum absolute atomic E-state index is 0.0569. The highest BCUT2D eigenvalue weighted by Crippen LogP contribution is 2.21. The van der Waals surface area contributed by atoms with Gasteiger partial charge in [-0.2, -0.15) is 5.10 Å². The standard InChI is InChI=1S/C21H19FN4O4/c1-13-16(22)11-14(20(23)28)12-18(13)24-21(29)17-7-8-19(27)26(25-17)9-10-30-15-5-3-2-4-6-15/h2-8,11-12H,9-10H2,1H3,(H2,23,28)(H,24,29). The first kappa shape index (κ1) is 20.7. The summed E-state index contributed by atoms with van der Waals surface area (Å²) in [7, 11) is 0. The number of rotatable bonds is 7. The maximum absolute atomic E-state index is 14.0. The van der Waals surface area contributed by atoms with E-state index in [9.17, 15) is 18.8 Å². The number of amides is 2. The lowest BCUT2D eigenvalue weighted by atomic mass is 10.1. The van der Waals surface area contributed by atoms with E-state index >= 15 is 0 Å². The first-order valence-electron chi connectivity index (χ1n) is 9.02. The molecule has 0 atom stereocenters. The van der Waals surface area contributed by atoms with E-state index in [1.165, 1.54) is 25.1 Å². The number of hydrogen-bond donors (Lipinski definition) is 2. The topological polar surface area (TPSA) is 116 Å². The number of primary amides is 1. The zero-order valence-electron chi connectivity index (χ0n) is 16.1. The number of ether oxygens (including phenoxy) is 1. The Morgan fingerprint density at radius 2 is 1.90 bits per heavy atom. The Morgan fingerprint density at radius 1 is 1.17 bits per heavy atom. The number of aromatic nitrogens is 2. The van der Waals surface area contributed by atoms with Crippen molar-refractivity contribution in [2.45, 2.75) is 13.5 Å². The van der Waals surface area contributed by atoms with Gasteiger partial charge in [0.05, 0.1) is 6.54 Å². The van der Waals surface area contributed by atoms with Gasteiger partial charge in [-0.15, -0.1) is 0 Å². The van der Waals surface area contributed by atoms with Crippen LogP contribution in [0.2, 0.25) is 0 Å². The molecule has 1 heterocycles. The van der Waals surface area contributed by atoms with Crippen LogP contribution in [0.15, 0.2) is 59.4 Å². The molecule has 2 amide bonds. The summed E-state index contributed by atoms with van der Waals surface area (Å²) in [5, 5.41) is 6.53. The lowest BCUT2D eigenvalue weighted by Gasteiger charge is -2.12. The normalized spacial score (nSPS) is 10.5. The highest BCUT2D eigenvalue weighted by atomic mass is 19.1. The summed E-state index contributed by atoms with van der Waals surface area (Å²) in [5.74, 6) is -1.53. The van der Waals surface area contributed by atoms with Gasteiger partial charge in [-0.25, -0.2) is 9.07 Å². The van der Waals surface area contributed by atoms with E-state index in [1.54, 1.807) is 12.1 Å². The van der Waals surface area contributed by atoms with E-state index < -0.39 is 23.2 Å². The van der Waals surface area contributed by atoms with Gasteiger partial charge >= 0.3 is 0 Å². The maximum atomic E-state index is 14.0. The van der Waals surface area contributed by atoms with Gasteiger partial charge in [0.2, 0.25) is 5.91 Å². The molecule has 2 aromatic carbocycles. The van der Waals surface area contributed by atoms with Crippen LogP contribution in [0.25, 0.3) is 0 Å². The number of nitrogens with two attached hydrogens (primary N) is 1. The second-order valence-corrected chi connectivity index (χ2v) is 6.39. The summed E-state index contributed by atoms with van der Waals surface area (Å²) in [5.41, 5.74) is 4.87. The number of para-hydroxylation sites is 1. The molecule has 3 aromatic rings. The van der Waals surface area contributed by atoms with E-state index in [2.05, 4.69) is 10.4 Å². The molecule has 0 radical (unpaired) electrons. The maximum Gasteiger partial charge on any atom is 0.276 e. The zero-order valence-corrected chi connectivity index (χ0v) is 16.1. The molecule has 9 heteroatoms. The van der Waals surface area contributed by atoms with Crippen LogP contribution in [-0.4, -0.2) is 28.2 Å². The Morgan fingerprint density at radius 3 is 2.60 bits per heavy atom. The van der Waals surface area contributed by atoms with Gasteiger partial charge in [0.25, 0.3) is 11.5 Å². The molecule has 0 aliphatic heterocycles. The Hall–Kier alpha value is -4.01. The predicted molar refractivity (Wildman–Crippen MR) is 108 cm³/mol. The van der Waals surface area contributed by atoms with Gasteiger partial charge < -0.3 is 15.8 Å². The van der Waals surface area contributed by atoms with E-state index in [4.69, 9.17) is 10.5 Å². The minimum Gasteiger partial charge on any atom is -0.492 e. The van der Waals surface area contributed by atoms with Crippen molar-refractivity contribution >= 4 is 17.5 Å². The second kappa shape index (κ2) is 8.99. The summed E-state index contributed by atoms with van der Waals surface area (Å²) in [6.07, 6.45) is 0. The molecule has 0 saturated carbocycles. The number of nitrogens with zero attached hydrogens (tertiary/aromatic N) is 2. The minimum atomic E-state index is -0.825. The van der Waals surface area contributed by atoms with Crippen LogP contribution >= 0.6 is 0 Å². The Balaban J connectivity index is 1.75. The molecule has 0 spiro atoms. The number of anilines is 1. The molecule has 0 saturated heterocycles. The number of nitrogens with one attached hydrogen (secondary N) is 1. The van der Waals surface area contributed by atoms with Crippen molar-refractivity contribution in [1.82, 2.24) is 9.78 Å². The molecule has 0 aliphatic rings. The molecule has 3 rings (SSSR count). The molecule has 0 unspecified atom stereocenters. The van der Waals surface area contributed by atoms with Crippen LogP contribution in [0.1, 0.15) is 26.4 Å². The molecular formula is C21H19FN4O4. The fourth-order valence-electron chi connectivity index (χ4n) is 2.63. The second-order valence-electron chi connectivity index (χ2n) is 6.39. The van der Waals surface area contributed by atoms with Crippen molar-refractivity contribution in [3.8, 4) is 5.75 Å². The molecule has 30 heavy (non-hydrogen) atoms. The van der Waals surface area contributed by atoms with Crippen molar-refractivity contribution < 1.29 is 18.7 Å². The summed E-state index contributed by atoms with van der Waals surface area (Å²) in [4.78, 5) is 35.9. The van der Waals surface area contributed by atoms with Crippen molar-refractivity contribution in [1.29, 1.82) is 0 Å². The fourth-order valence-corrected chi connectivity index (χ4v) is 2.63. The molecule has 8 nitrogen and oxygen atoms in total. The van der Waals surface area contributed by atoms with E-state index in [0.717, 1.165) is 10.7 Å². The quantitative estimate of drug-likeness (QED) is 0.619. The van der Waals surface area contributed by atoms with Gasteiger partial charge in [0, 0.05) is 22.9 Å². The largest absolute Gasteiger partial charge is 0.492 e. The third-order valence-electron chi connectivity index (χ3n) is 4.29. The third-order valence-corrected chi connectivity index (χ3v) is 4.29. The van der Waals surface area contributed by atoms with E-state index in [0.29, 0.717) is 5.75 Å². The lowest BCUT2D eigenvalue weighted by Crippen LogP contribution is -2.28. The van der Waals surface area contributed by atoms with Gasteiger partial charge in [-0.05, 0) is 37.3 Å². The zero-order chi connectivity index (χ0) is 21.7. The third kappa shape index (κ3) is 4.88. The van der Waals surface area contributed by atoms with Gasteiger partial charge in [-0.3, -0.25) is 14.4 Å². The average Bonchev–Trinajstić information content (AvgIpc) is 2.73. The predicted octanol–water partition coefficient (Wildman–Crippen LogP) is 2.12. The SMILES string of the molecule is Cc1c(F)cc(C(N)=O)cc1NC(=O)c1ccc(=O)n(CCOc2ccccc2)n1. The first-order valence-corrected chi connectivity index (χ1v) is 9.02. The number of carbonyl (C=O) groups excluding carboxylic acids is 2. The van der Waals surface area contributed by atoms with Crippen molar-refractivity contribution in [2.24, 2.45) is 5.73 Å². The van der Waals surface area contributed by atoms with Crippen molar-refractivity contribution in [3.05, 3.63) is 87.6 Å². The highest BCUT2D eigenvalue weighted by Gasteiger charge is 2.15. The van der Waals surface area contributed by atoms with Crippen LogP contribution in [-0.2, 0) is 6.54 Å². The lowest BCUT2D eigenvalue weighted by molar-refractivity contribution is 0.0994. The summed E-state index contributed by atoms with van der Waals surface area (Å²) >= 11 is 0. The molecule has 154 valence electrons. The number of carbonyl (C=O) groups is 2. The van der Waals surface area contributed by atoms with Gasteiger partial charge in [-0.1, -0.05) is 18.2 Å². The Labute approximate surface area is 171 Å². The van der Waals surface area contributed by atoms with Crippen LogP contribution < -0.4 is 21.3 Å². The molecule has 0 bridgehead atoms. The van der Waals surface area contributed by atoms with Crippen LogP contribution in [0.3, 0.4) is 0 Å². The van der Waals surface area contributed by atoms with Crippen LogP contribution in [0.5, 0.6) is 5.75 Å².